The van der Waals surface area contributed by atoms with E-state index in [1.54, 1.807) is 4.90 Å². The minimum absolute atomic E-state index is 0.202. The summed E-state index contributed by atoms with van der Waals surface area (Å²) in [5, 5.41) is 6.48. The molecule has 0 radical (unpaired) electrons. The number of hydrogen-bond acceptors (Lipinski definition) is 9. The van der Waals surface area contributed by atoms with Crippen molar-refractivity contribution in [1.29, 1.82) is 0 Å². The van der Waals surface area contributed by atoms with E-state index in [-0.39, 0.29) is 31.2 Å². The van der Waals surface area contributed by atoms with Gasteiger partial charge in [0.2, 0.25) is 21.8 Å². The average molecular weight is 760 g/mol. The molecule has 1 aromatic heterocycles. The number of hydrogen-bond donors (Lipinski definition) is 3. The van der Waals surface area contributed by atoms with Crippen LogP contribution in [0.25, 0.3) is 21.7 Å². The zero-order chi connectivity index (χ0) is 37.4. The number of amides is 3. The van der Waals surface area contributed by atoms with Crippen molar-refractivity contribution in [2.75, 3.05) is 11.9 Å². The molecule has 5 atom stereocenters. The monoisotopic (exact) mass is 759 g/mol. The molecule has 2 aliphatic carbocycles. The Balaban J connectivity index is 1.20. The Bertz CT molecular complexity index is 1900. The highest BCUT2D eigenvalue weighted by Gasteiger charge is 2.62. The van der Waals surface area contributed by atoms with Crippen molar-refractivity contribution in [2.24, 2.45) is 5.92 Å². The standard InChI is InChI=1S/C40H49N5O6S2/c1-39(2,3)51-29-23-32-35(46)43-40(37(48)44-53(49,50)30-21-22-30)24-28(40)19-13-5-4-6-14-20-31(36(47)45(32)25-29)41-38-42-33(26-15-9-7-10-16-26)34(52-38)27-17-11-8-12-18-27/h7-13,15-19,28-32H,4-6,14,20-25H2,1-3H3,(H,41,42)(H,43,46)(H,44,48)/b19-13-/t28-,29-,31+,32+,40-/m1/s1. The van der Waals surface area contributed by atoms with Gasteiger partial charge in [-0.25, -0.2) is 13.4 Å². The molecule has 53 heavy (non-hydrogen) atoms. The zero-order valence-electron chi connectivity index (χ0n) is 30.5. The summed E-state index contributed by atoms with van der Waals surface area (Å²) < 4.78 is 34.2. The van der Waals surface area contributed by atoms with Crippen molar-refractivity contribution in [3.05, 3.63) is 72.8 Å². The quantitative estimate of drug-likeness (QED) is 0.236. The molecule has 3 heterocycles. The van der Waals surface area contributed by atoms with Gasteiger partial charge >= 0.3 is 0 Å². The second kappa shape index (κ2) is 15.0. The van der Waals surface area contributed by atoms with Crippen LogP contribution in [0.2, 0.25) is 0 Å². The molecule has 3 aromatic rings. The lowest BCUT2D eigenvalue weighted by molar-refractivity contribution is -0.140. The lowest BCUT2D eigenvalue weighted by atomic mass is 10.0. The maximum atomic E-state index is 14.8. The Morgan fingerprint density at radius 3 is 2.36 bits per heavy atom. The first-order chi connectivity index (χ1) is 25.3. The van der Waals surface area contributed by atoms with Gasteiger partial charge < -0.3 is 20.3 Å². The number of anilines is 1. The number of rotatable bonds is 8. The molecule has 1 saturated heterocycles. The van der Waals surface area contributed by atoms with E-state index in [4.69, 9.17) is 9.72 Å². The molecule has 7 rings (SSSR count). The third-order valence-electron chi connectivity index (χ3n) is 10.4. The average Bonchev–Trinajstić information content (AvgIpc) is 4.02. The van der Waals surface area contributed by atoms with Crippen molar-refractivity contribution in [3.63, 3.8) is 0 Å². The first-order valence-electron chi connectivity index (χ1n) is 18.7. The van der Waals surface area contributed by atoms with E-state index in [1.807, 2.05) is 81.5 Å². The zero-order valence-corrected chi connectivity index (χ0v) is 32.2. The van der Waals surface area contributed by atoms with Crippen LogP contribution in [0.4, 0.5) is 5.13 Å². The number of fused-ring (bicyclic) bond motifs is 2. The van der Waals surface area contributed by atoms with Gasteiger partial charge in [-0.05, 0) is 64.9 Å². The van der Waals surface area contributed by atoms with E-state index in [2.05, 4.69) is 27.5 Å². The van der Waals surface area contributed by atoms with Crippen molar-refractivity contribution in [2.45, 2.75) is 113 Å². The Morgan fingerprint density at radius 1 is 0.981 bits per heavy atom. The molecule has 3 N–H and O–H groups in total. The van der Waals surface area contributed by atoms with Crippen molar-refractivity contribution < 1.29 is 27.5 Å². The topological polar surface area (TPSA) is 147 Å². The highest BCUT2D eigenvalue weighted by molar-refractivity contribution is 7.91. The van der Waals surface area contributed by atoms with Crippen LogP contribution < -0.4 is 15.4 Å². The fourth-order valence-corrected chi connectivity index (χ4v) is 9.86. The highest BCUT2D eigenvalue weighted by Crippen LogP contribution is 2.46. The minimum atomic E-state index is -3.83. The number of nitrogens with one attached hydrogen (secondary N) is 3. The van der Waals surface area contributed by atoms with Gasteiger partial charge in [0.1, 0.15) is 17.6 Å². The largest absolute Gasteiger partial charge is 0.371 e. The molecular formula is C40H49N5O6S2. The van der Waals surface area contributed by atoms with Crippen LogP contribution in [0.1, 0.15) is 78.6 Å². The molecule has 2 saturated carbocycles. The predicted octanol–water partition coefficient (Wildman–Crippen LogP) is 6.05. The summed E-state index contributed by atoms with van der Waals surface area (Å²) in [4.78, 5) is 50.4. The number of carbonyl (C=O) groups is 3. The van der Waals surface area contributed by atoms with Gasteiger partial charge in [0.05, 0.1) is 27.5 Å². The molecule has 11 nitrogen and oxygen atoms in total. The molecule has 0 bridgehead atoms. The summed E-state index contributed by atoms with van der Waals surface area (Å²) in [6, 6.07) is 18.4. The number of ether oxygens (including phenoxy) is 1. The van der Waals surface area contributed by atoms with Crippen LogP contribution in [-0.4, -0.2) is 77.1 Å². The van der Waals surface area contributed by atoms with E-state index in [9.17, 15) is 22.8 Å². The molecule has 0 unspecified atom stereocenters. The summed E-state index contributed by atoms with van der Waals surface area (Å²) in [5.74, 6) is -1.80. The van der Waals surface area contributed by atoms with Gasteiger partial charge in [0.25, 0.3) is 5.91 Å². The Hall–Kier alpha value is -4.07. The second-order valence-electron chi connectivity index (χ2n) is 15.7. The van der Waals surface area contributed by atoms with Crippen LogP contribution >= 0.6 is 11.3 Å². The van der Waals surface area contributed by atoms with Gasteiger partial charge in [-0.1, -0.05) is 97.0 Å². The Kier molecular flexibility index (Phi) is 10.5. The smallest absolute Gasteiger partial charge is 0.259 e. The van der Waals surface area contributed by atoms with Crippen LogP contribution in [0.5, 0.6) is 0 Å². The van der Waals surface area contributed by atoms with Crippen LogP contribution in [-0.2, 0) is 29.1 Å². The highest BCUT2D eigenvalue weighted by atomic mass is 32.2. The Labute approximate surface area is 316 Å². The third kappa shape index (κ3) is 8.52. The number of benzene rings is 2. The van der Waals surface area contributed by atoms with E-state index in [0.29, 0.717) is 24.4 Å². The SMILES string of the molecule is CC(C)(C)O[C@@H]1C[C@H]2C(=O)N[C@]3(C(=O)NS(=O)(=O)C4CC4)C[C@H]3/C=C\CCCCC[C@H](Nc3nc(-c4ccccc4)c(-c4ccccc4)s3)C(=O)N2C1. The Morgan fingerprint density at radius 2 is 1.68 bits per heavy atom. The number of thiazole rings is 1. The van der Waals surface area contributed by atoms with Crippen LogP contribution in [0.15, 0.2) is 72.8 Å². The predicted molar refractivity (Wildman–Crippen MR) is 206 cm³/mol. The second-order valence-corrected chi connectivity index (χ2v) is 18.7. The normalized spacial score (nSPS) is 27.4. The maximum Gasteiger partial charge on any atom is 0.259 e. The molecule has 2 aliphatic heterocycles. The lowest BCUT2D eigenvalue weighted by Crippen LogP contribution is -2.57. The summed E-state index contributed by atoms with van der Waals surface area (Å²) >= 11 is 1.49. The number of carbonyl (C=O) groups excluding carboxylic acids is 3. The van der Waals surface area contributed by atoms with Crippen molar-refractivity contribution >= 4 is 44.2 Å². The fourth-order valence-electron chi connectivity index (χ4n) is 7.46. The van der Waals surface area contributed by atoms with E-state index in [1.165, 1.54) is 11.3 Å². The minimum Gasteiger partial charge on any atom is -0.371 e. The molecule has 0 spiro atoms. The van der Waals surface area contributed by atoms with Gasteiger partial charge in [0.15, 0.2) is 5.13 Å². The van der Waals surface area contributed by atoms with Crippen molar-refractivity contribution in [3.8, 4) is 21.7 Å². The molecule has 3 amide bonds. The van der Waals surface area contributed by atoms with Crippen LogP contribution in [0, 0.1) is 5.92 Å². The molecular weight excluding hydrogens is 711 g/mol. The molecule has 282 valence electrons. The maximum absolute atomic E-state index is 14.8. The number of nitrogens with zero attached hydrogens (tertiary/aromatic N) is 2. The molecule has 4 aliphatic rings. The van der Waals surface area contributed by atoms with E-state index < -0.39 is 56.4 Å². The van der Waals surface area contributed by atoms with E-state index >= 15 is 0 Å². The first kappa shape index (κ1) is 37.3. The third-order valence-corrected chi connectivity index (χ3v) is 13.2. The summed E-state index contributed by atoms with van der Waals surface area (Å²) in [6.45, 7) is 6.02. The van der Waals surface area contributed by atoms with Crippen LogP contribution in [0.3, 0.4) is 0 Å². The molecule has 13 heteroatoms. The number of sulfonamides is 1. The number of allylic oxidation sites excluding steroid dienone is 1. The lowest BCUT2D eigenvalue weighted by Gasteiger charge is -2.30. The van der Waals surface area contributed by atoms with Gasteiger partial charge in [-0.3, -0.25) is 19.1 Å². The van der Waals surface area contributed by atoms with Gasteiger partial charge in [-0.15, -0.1) is 0 Å². The van der Waals surface area contributed by atoms with Crippen molar-refractivity contribution in [1.82, 2.24) is 19.9 Å². The summed E-state index contributed by atoms with van der Waals surface area (Å²) in [6.07, 6.45) is 8.91. The molecule has 3 fully saturated rings. The first-order valence-corrected chi connectivity index (χ1v) is 21.1. The summed E-state index contributed by atoms with van der Waals surface area (Å²) in [7, 11) is -3.83. The molecule has 2 aromatic carbocycles. The number of aromatic nitrogens is 1. The summed E-state index contributed by atoms with van der Waals surface area (Å²) in [5.41, 5.74) is 0.888. The van der Waals surface area contributed by atoms with E-state index in [0.717, 1.165) is 47.4 Å². The van der Waals surface area contributed by atoms with Gasteiger partial charge in [0, 0.05) is 24.4 Å². The van der Waals surface area contributed by atoms with Gasteiger partial charge in [-0.2, -0.15) is 0 Å². The fraction of sp³-hybridized carbons (Fsp3) is 0.500.